The lowest BCUT2D eigenvalue weighted by molar-refractivity contribution is -0.137. The van der Waals surface area contributed by atoms with Crippen LogP contribution in [0.2, 0.25) is 0 Å². The van der Waals surface area contributed by atoms with Crippen LogP contribution in [0, 0.1) is 0 Å². The second-order valence-corrected chi connectivity index (χ2v) is 7.82. The average molecular weight is 357 g/mol. The van der Waals surface area contributed by atoms with Gasteiger partial charge in [-0.25, -0.2) is 8.42 Å². The molecule has 0 aliphatic heterocycles. The molecule has 18 heavy (non-hydrogen) atoms. The van der Waals surface area contributed by atoms with E-state index in [1.165, 1.54) is 12.1 Å². The first-order valence-electron chi connectivity index (χ1n) is 4.49. The molecule has 0 radical (unpaired) electrons. The Morgan fingerprint density at radius 1 is 1.39 bits per heavy atom. The molecule has 0 aliphatic carbocycles. The Bertz CT molecular complexity index is 552. The first-order valence-corrected chi connectivity index (χ1v) is 7.54. The van der Waals surface area contributed by atoms with E-state index < -0.39 is 35.0 Å². The molecule has 0 spiro atoms. The number of aliphatic carboxylic acids is 1. The van der Waals surface area contributed by atoms with Crippen LogP contribution in [0.3, 0.4) is 0 Å². The van der Waals surface area contributed by atoms with Gasteiger partial charge in [0.25, 0.3) is 10.0 Å². The van der Waals surface area contributed by atoms with Crippen LogP contribution in [0.1, 0.15) is 0 Å². The summed E-state index contributed by atoms with van der Waals surface area (Å²) in [5, 5.41) is 8.65. The minimum atomic E-state index is -4.03. The number of halogens is 1. The van der Waals surface area contributed by atoms with E-state index in [1.54, 1.807) is 0 Å². The molecule has 100 valence electrons. The lowest BCUT2D eigenvalue weighted by Gasteiger charge is -2.17. The minimum absolute atomic E-state index is 0.0584. The Hall–Kier alpha value is -0.970. The van der Waals surface area contributed by atoms with Gasteiger partial charge in [-0.2, -0.15) is 4.31 Å². The number of thiophene rings is 1. The zero-order valence-electron chi connectivity index (χ0n) is 8.87. The second kappa shape index (κ2) is 5.78. The highest BCUT2D eigenvalue weighted by molar-refractivity contribution is 9.11. The van der Waals surface area contributed by atoms with Crippen LogP contribution in [0.5, 0.6) is 0 Å². The molecular formula is C8H9BrN2O5S2. The topological polar surface area (TPSA) is 118 Å². The van der Waals surface area contributed by atoms with Crippen LogP contribution in [0.25, 0.3) is 0 Å². The van der Waals surface area contributed by atoms with Crippen LogP contribution in [0.15, 0.2) is 20.1 Å². The molecule has 0 bridgehead atoms. The number of nitrogens with two attached hydrogens (primary N) is 1. The van der Waals surface area contributed by atoms with E-state index in [1.807, 2.05) is 0 Å². The Labute approximate surface area is 115 Å². The van der Waals surface area contributed by atoms with Gasteiger partial charge in [0.2, 0.25) is 5.91 Å². The summed E-state index contributed by atoms with van der Waals surface area (Å²) in [7, 11) is -4.03. The van der Waals surface area contributed by atoms with E-state index >= 15 is 0 Å². The highest BCUT2D eigenvalue weighted by atomic mass is 79.9. The van der Waals surface area contributed by atoms with Crippen LogP contribution < -0.4 is 5.73 Å². The lowest BCUT2D eigenvalue weighted by atomic mass is 10.5. The van der Waals surface area contributed by atoms with Crippen molar-refractivity contribution in [3.8, 4) is 0 Å². The number of nitrogens with zero attached hydrogens (tertiary/aromatic N) is 1. The Balaban J connectivity index is 3.10. The molecule has 7 nitrogen and oxygen atoms in total. The molecule has 0 saturated heterocycles. The van der Waals surface area contributed by atoms with E-state index in [0.29, 0.717) is 8.09 Å². The van der Waals surface area contributed by atoms with Gasteiger partial charge in [-0.1, -0.05) is 0 Å². The van der Waals surface area contributed by atoms with E-state index in [0.717, 1.165) is 11.3 Å². The van der Waals surface area contributed by atoms with Crippen molar-refractivity contribution in [2.24, 2.45) is 5.73 Å². The van der Waals surface area contributed by atoms with E-state index in [9.17, 15) is 18.0 Å². The summed E-state index contributed by atoms with van der Waals surface area (Å²) in [4.78, 5) is 21.4. The largest absolute Gasteiger partial charge is 0.480 e. The molecule has 10 heteroatoms. The van der Waals surface area contributed by atoms with Crippen molar-refractivity contribution in [2.45, 2.75) is 4.21 Å². The molecular weight excluding hydrogens is 348 g/mol. The number of carboxylic acid groups (broad SMARTS) is 1. The molecule has 0 atom stereocenters. The van der Waals surface area contributed by atoms with Crippen molar-refractivity contribution in [3.05, 3.63) is 15.9 Å². The predicted molar refractivity (Wildman–Crippen MR) is 67.6 cm³/mol. The Kier molecular flexibility index (Phi) is 4.85. The van der Waals surface area contributed by atoms with Crippen LogP contribution in [0.4, 0.5) is 0 Å². The Morgan fingerprint density at radius 2 is 2.00 bits per heavy atom. The van der Waals surface area contributed by atoms with Crippen molar-refractivity contribution < 1.29 is 23.1 Å². The standard InChI is InChI=1S/C8H9BrN2O5S2/c9-5-1-2-8(17-5)18(15,16)11(3-6(10)12)4-7(13)14/h1-2H,3-4H2,(H2,10,12)(H,13,14). The number of hydrogen-bond acceptors (Lipinski definition) is 5. The average Bonchev–Trinajstić information content (AvgIpc) is 2.63. The van der Waals surface area contributed by atoms with E-state index in [2.05, 4.69) is 15.9 Å². The number of carboxylic acids is 1. The van der Waals surface area contributed by atoms with E-state index in [-0.39, 0.29) is 4.21 Å². The van der Waals surface area contributed by atoms with Crippen molar-refractivity contribution in [2.75, 3.05) is 13.1 Å². The van der Waals surface area contributed by atoms with Gasteiger partial charge in [0.15, 0.2) is 0 Å². The third kappa shape index (κ3) is 3.77. The molecule has 0 fully saturated rings. The van der Waals surface area contributed by atoms with E-state index in [4.69, 9.17) is 10.8 Å². The molecule has 0 aliphatic rings. The quantitative estimate of drug-likeness (QED) is 0.747. The second-order valence-electron chi connectivity index (χ2n) is 3.19. The predicted octanol–water partition coefficient (Wildman–Crippen LogP) is 0.0712. The highest BCUT2D eigenvalue weighted by Gasteiger charge is 2.29. The van der Waals surface area contributed by atoms with Gasteiger partial charge in [0.1, 0.15) is 10.8 Å². The Morgan fingerprint density at radius 3 is 2.39 bits per heavy atom. The number of carbonyl (C=O) groups is 2. The fourth-order valence-electron chi connectivity index (χ4n) is 1.11. The fourth-order valence-corrected chi connectivity index (χ4v) is 4.63. The van der Waals surface area contributed by atoms with Gasteiger partial charge < -0.3 is 10.8 Å². The molecule has 1 rings (SSSR count). The SMILES string of the molecule is NC(=O)CN(CC(=O)O)S(=O)(=O)c1ccc(Br)s1. The number of sulfonamides is 1. The van der Waals surface area contributed by atoms with Gasteiger partial charge in [-0.05, 0) is 28.1 Å². The zero-order valence-corrected chi connectivity index (χ0v) is 12.1. The minimum Gasteiger partial charge on any atom is -0.480 e. The number of hydrogen-bond donors (Lipinski definition) is 2. The van der Waals surface area contributed by atoms with Gasteiger partial charge in [0, 0.05) is 0 Å². The van der Waals surface area contributed by atoms with Crippen molar-refractivity contribution in [1.82, 2.24) is 4.31 Å². The fraction of sp³-hybridized carbons (Fsp3) is 0.250. The molecule has 1 aromatic rings. The van der Waals surface area contributed by atoms with Gasteiger partial charge in [0.05, 0.1) is 10.3 Å². The van der Waals surface area contributed by atoms with Gasteiger partial charge in [-0.15, -0.1) is 11.3 Å². The summed E-state index contributed by atoms with van der Waals surface area (Å²) in [6.45, 7) is -1.50. The molecule has 0 unspecified atom stereocenters. The lowest BCUT2D eigenvalue weighted by Crippen LogP contribution is -2.41. The third-order valence-corrected chi connectivity index (χ3v) is 5.67. The first-order chi connectivity index (χ1) is 8.23. The van der Waals surface area contributed by atoms with Crippen molar-refractivity contribution in [3.63, 3.8) is 0 Å². The summed E-state index contributed by atoms with van der Waals surface area (Å²) in [5.74, 6) is -2.29. The number of rotatable bonds is 6. The number of amides is 1. The highest BCUT2D eigenvalue weighted by Crippen LogP contribution is 2.28. The van der Waals surface area contributed by atoms with Crippen molar-refractivity contribution in [1.29, 1.82) is 0 Å². The molecule has 1 amide bonds. The third-order valence-electron chi connectivity index (χ3n) is 1.79. The smallest absolute Gasteiger partial charge is 0.318 e. The van der Waals surface area contributed by atoms with Crippen LogP contribution >= 0.6 is 27.3 Å². The normalized spacial score (nSPS) is 11.7. The maximum atomic E-state index is 12.1. The molecule has 3 N–H and O–H groups in total. The van der Waals surface area contributed by atoms with Crippen LogP contribution in [-0.2, 0) is 19.6 Å². The number of carbonyl (C=O) groups excluding carboxylic acids is 1. The molecule has 1 aromatic heterocycles. The maximum absolute atomic E-state index is 12.1. The summed E-state index contributed by atoms with van der Waals surface area (Å²) in [6.07, 6.45) is 0. The maximum Gasteiger partial charge on any atom is 0.318 e. The molecule has 0 saturated carbocycles. The summed E-state index contributed by atoms with van der Waals surface area (Å²) in [6, 6.07) is 2.83. The molecule has 1 heterocycles. The van der Waals surface area contributed by atoms with Gasteiger partial charge >= 0.3 is 5.97 Å². The summed E-state index contributed by atoms with van der Waals surface area (Å²) < 4.78 is 25.2. The number of primary amides is 1. The van der Waals surface area contributed by atoms with Gasteiger partial charge in [-0.3, -0.25) is 9.59 Å². The summed E-state index contributed by atoms with van der Waals surface area (Å²) in [5.41, 5.74) is 4.91. The molecule has 0 aromatic carbocycles. The van der Waals surface area contributed by atoms with Crippen molar-refractivity contribution >= 4 is 49.2 Å². The summed E-state index contributed by atoms with van der Waals surface area (Å²) >= 11 is 4.02. The first kappa shape index (κ1) is 15.1. The zero-order chi connectivity index (χ0) is 13.9. The monoisotopic (exact) mass is 356 g/mol. The van der Waals surface area contributed by atoms with Crippen LogP contribution in [-0.4, -0.2) is 42.8 Å².